The van der Waals surface area contributed by atoms with E-state index >= 15 is 0 Å². The fourth-order valence-electron chi connectivity index (χ4n) is 1.52. The van der Waals surface area contributed by atoms with Crippen LogP contribution in [-0.2, 0) is 6.54 Å². The average molecular weight is 377 g/mol. The van der Waals surface area contributed by atoms with Crippen LogP contribution < -0.4 is 0 Å². The van der Waals surface area contributed by atoms with Gasteiger partial charge >= 0.3 is 0 Å². The number of aryl methyl sites for hydroxylation is 1. The number of halogens is 2. The lowest BCUT2D eigenvalue weighted by Crippen LogP contribution is -2.00. The van der Waals surface area contributed by atoms with Crippen molar-refractivity contribution in [2.45, 2.75) is 13.5 Å². The maximum atomic E-state index is 4.26. The van der Waals surface area contributed by atoms with E-state index in [4.69, 9.17) is 0 Å². The van der Waals surface area contributed by atoms with Crippen molar-refractivity contribution in [3.8, 4) is 0 Å². The van der Waals surface area contributed by atoms with Gasteiger partial charge in [0.15, 0.2) is 0 Å². The lowest BCUT2D eigenvalue weighted by molar-refractivity contribution is 0.686. The van der Waals surface area contributed by atoms with Gasteiger partial charge in [0.2, 0.25) is 0 Å². The zero-order chi connectivity index (χ0) is 10.8. The van der Waals surface area contributed by atoms with E-state index in [1.807, 2.05) is 17.1 Å². The lowest BCUT2D eigenvalue weighted by atomic mass is 10.1. The third kappa shape index (κ3) is 3.04. The fourth-order valence-corrected chi connectivity index (χ4v) is 2.62. The molecule has 0 unspecified atom stereocenters. The van der Waals surface area contributed by atoms with Crippen molar-refractivity contribution in [3.05, 3.63) is 49.8 Å². The minimum Gasteiger partial charge on any atom is -0.267 e. The van der Waals surface area contributed by atoms with Crippen molar-refractivity contribution in [1.29, 1.82) is 0 Å². The first-order valence-electron chi connectivity index (χ1n) is 4.57. The predicted molar refractivity (Wildman–Crippen MR) is 72.9 cm³/mol. The van der Waals surface area contributed by atoms with Gasteiger partial charge in [0.1, 0.15) is 0 Å². The predicted octanol–water partition coefficient (Wildman–Crippen LogP) is 3.61. The number of benzene rings is 1. The first-order chi connectivity index (χ1) is 7.13. The second-order valence-corrected chi connectivity index (χ2v) is 5.65. The number of hydrogen-bond acceptors (Lipinski definition) is 1. The molecular formula is C11H10BrIN2. The first-order valence-corrected chi connectivity index (χ1v) is 6.45. The summed E-state index contributed by atoms with van der Waals surface area (Å²) in [6, 6.07) is 6.41. The summed E-state index contributed by atoms with van der Waals surface area (Å²) in [7, 11) is 0. The molecule has 0 radical (unpaired) electrons. The Hall–Kier alpha value is -0.360. The molecule has 15 heavy (non-hydrogen) atoms. The average Bonchev–Trinajstić information content (AvgIpc) is 2.49. The van der Waals surface area contributed by atoms with Crippen LogP contribution in [0.3, 0.4) is 0 Å². The molecule has 78 valence electrons. The Labute approximate surface area is 111 Å². The molecule has 0 spiro atoms. The van der Waals surface area contributed by atoms with E-state index in [-0.39, 0.29) is 0 Å². The number of hydrogen-bond donors (Lipinski definition) is 0. The number of aromatic nitrogens is 2. The summed E-state index contributed by atoms with van der Waals surface area (Å²) >= 11 is 5.76. The van der Waals surface area contributed by atoms with Gasteiger partial charge in [-0.05, 0) is 52.8 Å². The molecule has 0 aliphatic carbocycles. The van der Waals surface area contributed by atoms with E-state index in [2.05, 4.69) is 68.7 Å². The molecule has 0 aliphatic rings. The molecule has 2 rings (SSSR count). The highest BCUT2D eigenvalue weighted by Crippen LogP contribution is 2.16. The van der Waals surface area contributed by atoms with Crippen LogP contribution in [0.2, 0.25) is 0 Å². The Kier molecular flexibility index (Phi) is 3.45. The Morgan fingerprint density at radius 1 is 1.40 bits per heavy atom. The summed E-state index contributed by atoms with van der Waals surface area (Å²) in [5, 5.41) is 4.26. The smallest absolute Gasteiger partial charge is 0.0660 e. The Morgan fingerprint density at radius 2 is 2.20 bits per heavy atom. The van der Waals surface area contributed by atoms with Crippen LogP contribution in [0.15, 0.2) is 35.1 Å². The van der Waals surface area contributed by atoms with E-state index in [9.17, 15) is 0 Å². The van der Waals surface area contributed by atoms with E-state index < -0.39 is 0 Å². The van der Waals surface area contributed by atoms with Crippen LogP contribution in [0, 0.1) is 10.5 Å². The second-order valence-electron chi connectivity index (χ2n) is 3.49. The van der Waals surface area contributed by atoms with Crippen molar-refractivity contribution in [1.82, 2.24) is 9.78 Å². The van der Waals surface area contributed by atoms with Gasteiger partial charge in [-0.3, -0.25) is 4.68 Å². The molecule has 0 saturated heterocycles. The SMILES string of the molecule is Cc1cc(Br)cc(Cn2cc(I)cn2)c1. The van der Waals surface area contributed by atoms with Gasteiger partial charge in [0.25, 0.3) is 0 Å². The summed E-state index contributed by atoms with van der Waals surface area (Å²) in [5.41, 5.74) is 2.53. The highest BCUT2D eigenvalue weighted by atomic mass is 127. The molecule has 0 aliphatic heterocycles. The van der Waals surface area contributed by atoms with Crippen LogP contribution in [0.4, 0.5) is 0 Å². The molecule has 1 aromatic carbocycles. The molecule has 0 N–H and O–H groups in total. The van der Waals surface area contributed by atoms with Gasteiger partial charge in [0, 0.05) is 10.7 Å². The zero-order valence-corrected chi connectivity index (χ0v) is 12.0. The molecule has 0 atom stereocenters. The summed E-state index contributed by atoms with van der Waals surface area (Å²) in [6.07, 6.45) is 3.90. The Morgan fingerprint density at radius 3 is 2.80 bits per heavy atom. The van der Waals surface area contributed by atoms with Gasteiger partial charge in [-0.2, -0.15) is 5.10 Å². The minimum atomic E-state index is 0.823. The van der Waals surface area contributed by atoms with E-state index in [1.54, 1.807) is 0 Å². The number of rotatable bonds is 2. The molecule has 0 fully saturated rings. The van der Waals surface area contributed by atoms with Gasteiger partial charge in [-0.15, -0.1) is 0 Å². The molecular weight excluding hydrogens is 367 g/mol. The standard InChI is InChI=1S/C11H10BrIN2/c1-8-2-9(4-10(12)3-8)6-15-7-11(13)5-14-15/h2-5,7H,6H2,1H3. The largest absolute Gasteiger partial charge is 0.267 e. The summed E-state index contributed by atoms with van der Waals surface area (Å²) in [4.78, 5) is 0. The van der Waals surface area contributed by atoms with Crippen molar-refractivity contribution >= 4 is 38.5 Å². The minimum absolute atomic E-state index is 0.823. The highest BCUT2D eigenvalue weighted by Gasteiger charge is 1.99. The highest BCUT2D eigenvalue weighted by molar-refractivity contribution is 14.1. The fraction of sp³-hybridized carbons (Fsp3) is 0.182. The third-order valence-corrected chi connectivity index (χ3v) is 3.06. The van der Waals surface area contributed by atoms with Gasteiger partial charge in [-0.25, -0.2) is 0 Å². The zero-order valence-electron chi connectivity index (χ0n) is 8.24. The van der Waals surface area contributed by atoms with Crippen LogP contribution >= 0.6 is 38.5 Å². The van der Waals surface area contributed by atoms with Crippen molar-refractivity contribution in [2.75, 3.05) is 0 Å². The molecule has 0 bridgehead atoms. The van der Waals surface area contributed by atoms with Crippen molar-refractivity contribution < 1.29 is 0 Å². The first kappa shape index (κ1) is 11.1. The Bertz CT molecular complexity index is 459. The molecule has 0 amide bonds. The maximum Gasteiger partial charge on any atom is 0.0660 e. The molecule has 4 heteroatoms. The van der Waals surface area contributed by atoms with Crippen molar-refractivity contribution in [3.63, 3.8) is 0 Å². The third-order valence-electron chi connectivity index (χ3n) is 2.05. The summed E-state index contributed by atoms with van der Waals surface area (Å²) in [6.45, 7) is 2.92. The molecule has 2 nitrogen and oxygen atoms in total. The van der Waals surface area contributed by atoms with Gasteiger partial charge < -0.3 is 0 Å². The summed E-state index contributed by atoms with van der Waals surface area (Å²) < 4.78 is 4.24. The maximum absolute atomic E-state index is 4.26. The van der Waals surface area contributed by atoms with Gasteiger partial charge in [0.05, 0.1) is 16.3 Å². The summed E-state index contributed by atoms with van der Waals surface area (Å²) in [5.74, 6) is 0. The number of nitrogens with zero attached hydrogens (tertiary/aromatic N) is 2. The van der Waals surface area contributed by atoms with Crippen LogP contribution in [0.25, 0.3) is 0 Å². The normalized spacial score (nSPS) is 10.6. The lowest BCUT2D eigenvalue weighted by Gasteiger charge is -2.04. The van der Waals surface area contributed by atoms with Crippen LogP contribution in [0.5, 0.6) is 0 Å². The quantitative estimate of drug-likeness (QED) is 0.732. The van der Waals surface area contributed by atoms with E-state index in [0.29, 0.717) is 0 Å². The van der Waals surface area contributed by atoms with Gasteiger partial charge in [-0.1, -0.05) is 22.0 Å². The van der Waals surface area contributed by atoms with Crippen molar-refractivity contribution in [2.24, 2.45) is 0 Å². The second kappa shape index (κ2) is 4.65. The molecule has 1 heterocycles. The van der Waals surface area contributed by atoms with E-state index in [0.717, 1.165) is 11.0 Å². The molecule has 0 saturated carbocycles. The van der Waals surface area contributed by atoms with Crippen LogP contribution in [-0.4, -0.2) is 9.78 Å². The molecule has 1 aromatic heterocycles. The van der Waals surface area contributed by atoms with Crippen LogP contribution in [0.1, 0.15) is 11.1 Å². The van der Waals surface area contributed by atoms with E-state index in [1.165, 1.54) is 14.7 Å². The monoisotopic (exact) mass is 376 g/mol. The topological polar surface area (TPSA) is 17.8 Å². The molecule has 2 aromatic rings. The Balaban J connectivity index is 2.24.